The zero-order chi connectivity index (χ0) is 16.7. The molecule has 2 aromatic rings. The molecular formula is C19H23N3O2. The van der Waals surface area contributed by atoms with Crippen molar-refractivity contribution in [3.63, 3.8) is 0 Å². The Bertz CT molecular complexity index is 755. The second-order valence-electron chi connectivity index (χ2n) is 6.86. The highest BCUT2D eigenvalue weighted by Crippen LogP contribution is 2.50. The van der Waals surface area contributed by atoms with Crippen molar-refractivity contribution < 1.29 is 9.53 Å². The molecule has 1 aromatic carbocycles. The topological polar surface area (TPSA) is 47.4 Å². The van der Waals surface area contributed by atoms with Gasteiger partial charge in [0, 0.05) is 25.7 Å². The molecule has 3 atom stereocenters. The van der Waals surface area contributed by atoms with Crippen LogP contribution in [0.3, 0.4) is 0 Å². The summed E-state index contributed by atoms with van der Waals surface area (Å²) in [5.41, 5.74) is 2.37. The fourth-order valence-corrected chi connectivity index (χ4v) is 3.91. The van der Waals surface area contributed by atoms with Gasteiger partial charge in [-0.3, -0.25) is 9.48 Å². The molecule has 2 aliphatic rings. The van der Waals surface area contributed by atoms with Gasteiger partial charge >= 0.3 is 0 Å². The highest BCUT2D eigenvalue weighted by atomic mass is 16.5. The number of rotatable bonds is 4. The van der Waals surface area contributed by atoms with Crippen LogP contribution in [0.25, 0.3) is 0 Å². The first-order valence-corrected chi connectivity index (χ1v) is 8.60. The minimum atomic E-state index is 0.125. The predicted octanol–water partition coefficient (Wildman–Crippen LogP) is 2.90. The van der Waals surface area contributed by atoms with Crippen LogP contribution in [0, 0.1) is 5.92 Å². The number of amides is 1. The van der Waals surface area contributed by atoms with E-state index in [0.717, 1.165) is 31.6 Å². The molecule has 2 fully saturated rings. The molecule has 1 aliphatic carbocycles. The quantitative estimate of drug-likeness (QED) is 0.868. The number of hydrogen-bond donors (Lipinski definition) is 0. The third-order valence-electron chi connectivity index (χ3n) is 5.28. The first-order valence-electron chi connectivity index (χ1n) is 8.60. The predicted molar refractivity (Wildman–Crippen MR) is 90.7 cm³/mol. The van der Waals surface area contributed by atoms with Gasteiger partial charge in [-0.2, -0.15) is 5.10 Å². The van der Waals surface area contributed by atoms with E-state index in [2.05, 4.69) is 22.1 Å². The first-order chi connectivity index (χ1) is 11.7. The minimum absolute atomic E-state index is 0.125. The summed E-state index contributed by atoms with van der Waals surface area (Å²) in [5, 5.41) is 4.23. The average molecular weight is 325 g/mol. The van der Waals surface area contributed by atoms with Gasteiger partial charge in [0.2, 0.25) is 5.91 Å². The Balaban J connectivity index is 1.50. The number of benzene rings is 1. The summed E-state index contributed by atoms with van der Waals surface area (Å²) in [6, 6.07) is 8.29. The zero-order valence-electron chi connectivity index (χ0n) is 14.2. The molecule has 24 heavy (non-hydrogen) atoms. The summed E-state index contributed by atoms with van der Waals surface area (Å²) in [5.74, 6) is 1.62. The van der Waals surface area contributed by atoms with Gasteiger partial charge in [0.15, 0.2) is 0 Å². The van der Waals surface area contributed by atoms with Crippen molar-refractivity contribution in [2.24, 2.45) is 13.0 Å². The molecule has 5 heteroatoms. The third kappa shape index (κ3) is 2.68. The SMILES string of the molecule is COc1cccc([C@@H]2CCCN2C(=O)[C@@H]2C[C@H]2c2cnn(C)c2)c1. The van der Waals surface area contributed by atoms with E-state index in [1.807, 2.05) is 36.3 Å². The number of methoxy groups -OCH3 is 1. The largest absolute Gasteiger partial charge is 0.497 e. The van der Waals surface area contributed by atoms with Crippen LogP contribution >= 0.6 is 0 Å². The van der Waals surface area contributed by atoms with Crippen LogP contribution in [0.2, 0.25) is 0 Å². The Morgan fingerprint density at radius 3 is 2.96 bits per heavy atom. The smallest absolute Gasteiger partial charge is 0.226 e. The van der Waals surface area contributed by atoms with Gasteiger partial charge < -0.3 is 9.64 Å². The van der Waals surface area contributed by atoms with E-state index in [1.54, 1.807) is 7.11 Å². The van der Waals surface area contributed by atoms with Gasteiger partial charge in [-0.25, -0.2) is 0 Å². The summed E-state index contributed by atoms with van der Waals surface area (Å²) in [6.45, 7) is 0.858. The second kappa shape index (κ2) is 5.96. The van der Waals surface area contributed by atoms with Crippen molar-refractivity contribution in [3.05, 3.63) is 47.8 Å². The molecule has 1 saturated carbocycles. The lowest BCUT2D eigenvalue weighted by Gasteiger charge is -2.25. The molecule has 1 saturated heterocycles. The van der Waals surface area contributed by atoms with Crippen LogP contribution in [-0.2, 0) is 11.8 Å². The van der Waals surface area contributed by atoms with Crippen molar-refractivity contribution in [2.75, 3.05) is 13.7 Å². The lowest BCUT2D eigenvalue weighted by molar-refractivity contribution is -0.133. The molecule has 5 nitrogen and oxygen atoms in total. The Morgan fingerprint density at radius 1 is 1.33 bits per heavy atom. The van der Waals surface area contributed by atoms with Gasteiger partial charge in [-0.1, -0.05) is 12.1 Å². The van der Waals surface area contributed by atoms with Crippen molar-refractivity contribution in [2.45, 2.75) is 31.2 Å². The maximum atomic E-state index is 13.0. The fraction of sp³-hybridized carbons (Fsp3) is 0.474. The molecule has 4 rings (SSSR count). The van der Waals surface area contributed by atoms with Crippen LogP contribution in [0.1, 0.15) is 42.3 Å². The van der Waals surface area contributed by atoms with Crippen LogP contribution < -0.4 is 4.74 Å². The third-order valence-corrected chi connectivity index (χ3v) is 5.28. The summed E-state index contributed by atoms with van der Waals surface area (Å²) in [4.78, 5) is 15.1. The van der Waals surface area contributed by atoms with E-state index in [1.165, 1.54) is 11.1 Å². The molecule has 126 valence electrons. The van der Waals surface area contributed by atoms with E-state index >= 15 is 0 Å². The van der Waals surface area contributed by atoms with E-state index < -0.39 is 0 Å². The number of hydrogen-bond acceptors (Lipinski definition) is 3. The molecule has 0 spiro atoms. The highest BCUT2D eigenvalue weighted by molar-refractivity contribution is 5.83. The molecule has 2 heterocycles. The summed E-state index contributed by atoms with van der Waals surface area (Å²) in [7, 11) is 3.60. The Labute approximate surface area is 142 Å². The molecule has 1 aliphatic heterocycles. The summed E-state index contributed by atoms with van der Waals surface area (Å²) >= 11 is 0. The van der Waals surface area contributed by atoms with E-state index in [-0.39, 0.29) is 12.0 Å². The van der Waals surface area contributed by atoms with Gasteiger partial charge in [0.05, 0.1) is 19.3 Å². The molecule has 0 N–H and O–H groups in total. The van der Waals surface area contributed by atoms with E-state index in [9.17, 15) is 4.79 Å². The van der Waals surface area contributed by atoms with Gasteiger partial charge in [0.25, 0.3) is 0 Å². The number of likely N-dealkylation sites (tertiary alicyclic amines) is 1. The number of carbonyl (C=O) groups excluding carboxylic acids is 1. The molecule has 1 aromatic heterocycles. The van der Waals surface area contributed by atoms with Crippen LogP contribution in [0.5, 0.6) is 5.75 Å². The van der Waals surface area contributed by atoms with Crippen LogP contribution in [0.4, 0.5) is 0 Å². The standard InChI is InChI=1S/C19H23N3O2/c1-21-12-14(11-20-21)16-10-17(16)19(23)22-8-4-7-18(22)13-5-3-6-15(9-13)24-2/h3,5-6,9,11-12,16-18H,4,7-8,10H2,1-2H3/t16-,17+,18-/m0/s1. The van der Waals surface area contributed by atoms with E-state index in [4.69, 9.17) is 4.74 Å². The Kier molecular flexibility index (Phi) is 3.79. The number of nitrogens with zero attached hydrogens (tertiary/aromatic N) is 3. The van der Waals surface area contributed by atoms with E-state index in [0.29, 0.717) is 11.8 Å². The van der Waals surface area contributed by atoms with Crippen molar-refractivity contribution in [3.8, 4) is 5.75 Å². The Morgan fingerprint density at radius 2 is 2.21 bits per heavy atom. The first kappa shape index (κ1) is 15.2. The van der Waals surface area contributed by atoms with Gasteiger partial charge in [-0.15, -0.1) is 0 Å². The maximum Gasteiger partial charge on any atom is 0.226 e. The lowest BCUT2D eigenvalue weighted by atomic mass is 10.0. The summed E-state index contributed by atoms with van der Waals surface area (Å²) in [6.07, 6.45) is 6.97. The van der Waals surface area contributed by atoms with Crippen LogP contribution in [0.15, 0.2) is 36.7 Å². The zero-order valence-corrected chi connectivity index (χ0v) is 14.2. The molecular weight excluding hydrogens is 302 g/mol. The molecule has 0 radical (unpaired) electrons. The van der Waals surface area contributed by atoms with Gasteiger partial charge in [0.1, 0.15) is 5.75 Å². The van der Waals surface area contributed by atoms with Crippen molar-refractivity contribution >= 4 is 5.91 Å². The average Bonchev–Trinajstić information content (AvgIpc) is 3.03. The van der Waals surface area contributed by atoms with Crippen molar-refractivity contribution in [1.82, 2.24) is 14.7 Å². The van der Waals surface area contributed by atoms with Crippen LogP contribution in [-0.4, -0.2) is 34.2 Å². The number of aromatic nitrogens is 2. The molecule has 1 amide bonds. The number of carbonyl (C=O) groups is 1. The number of ether oxygens (including phenoxy) is 1. The van der Waals surface area contributed by atoms with Crippen molar-refractivity contribution in [1.29, 1.82) is 0 Å². The monoisotopic (exact) mass is 325 g/mol. The maximum absolute atomic E-state index is 13.0. The number of aryl methyl sites for hydroxylation is 1. The second-order valence-corrected chi connectivity index (χ2v) is 6.86. The Hall–Kier alpha value is -2.30. The van der Waals surface area contributed by atoms with Gasteiger partial charge in [-0.05, 0) is 48.4 Å². The highest BCUT2D eigenvalue weighted by Gasteiger charge is 2.48. The lowest BCUT2D eigenvalue weighted by Crippen LogP contribution is -2.32. The minimum Gasteiger partial charge on any atom is -0.497 e. The molecule has 0 unspecified atom stereocenters. The molecule has 0 bridgehead atoms. The summed E-state index contributed by atoms with van der Waals surface area (Å²) < 4.78 is 7.14. The normalized spacial score (nSPS) is 25.8. The fourth-order valence-electron chi connectivity index (χ4n) is 3.91.